The molecule has 1 fully saturated rings. The zero-order chi connectivity index (χ0) is 9.84. The lowest BCUT2D eigenvalue weighted by atomic mass is 10.3. The average molecular weight is 185 g/mol. The van der Waals surface area contributed by atoms with Gasteiger partial charge in [0.25, 0.3) is 0 Å². The number of hydrogen-bond acceptors (Lipinski definition) is 3. The van der Waals surface area contributed by atoms with Gasteiger partial charge in [-0.2, -0.15) is 0 Å². The van der Waals surface area contributed by atoms with Crippen molar-refractivity contribution in [3.05, 3.63) is 12.7 Å². The van der Waals surface area contributed by atoms with Gasteiger partial charge in [-0.25, -0.2) is 0 Å². The van der Waals surface area contributed by atoms with Crippen LogP contribution in [0.2, 0.25) is 0 Å². The predicted octanol–water partition coefficient (Wildman–Crippen LogP) is 0.0446. The Morgan fingerprint density at radius 3 is 2.15 bits per heavy atom. The predicted molar refractivity (Wildman–Crippen MR) is 48.4 cm³/mol. The normalized spacial score (nSPS) is 27.7. The number of amides is 1. The Morgan fingerprint density at radius 2 is 1.85 bits per heavy atom. The van der Waals surface area contributed by atoms with Gasteiger partial charge in [0, 0.05) is 27.3 Å². The van der Waals surface area contributed by atoms with Gasteiger partial charge >= 0.3 is 0 Å². The van der Waals surface area contributed by atoms with Crippen molar-refractivity contribution in [3.8, 4) is 0 Å². The van der Waals surface area contributed by atoms with Gasteiger partial charge in [0.2, 0.25) is 5.91 Å². The van der Waals surface area contributed by atoms with E-state index in [-0.39, 0.29) is 18.1 Å². The Hall–Kier alpha value is -0.870. The molecule has 0 unspecified atom stereocenters. The van der Waals surface area contributed by atoms with E-state index in [0.29, 0.717) is 13.1 Å². The van der Waals surface area contributed by atoms with Gasteiger partial charge in [0.1, 0.15) is 12.2 Å². The van der Waals surface area contributed by atoms with E-state index in [1.54, 1.807) is 19.1 Å². The number of rotatable bonds is 3. The van der Waals surface area contributed by atoms with Gasteiger partial charge in [0.15, 0.2) is 0 Å². The zero-order valence-electron chi connectivity index (χ0n) is 8.03. The molecule has 0 radical (unpaired) electrons. The summed E-state index contributed by atoms with van der Waals surface area (Å²) in [7, 11) is 3.25. The summed E-state index contributed by atoms with van der Waals surface area (Å²) < 4.78 is 10.4. The molecule has 0 aliphatic carbocycles. The molecule has 1 aliphatic rings. The quantitative estimate of drug-likeness (QED) is 0.583. The van der Waals surface area contributed by atoms with Crippen molar-refractivity contribution in [1.82, 2.24) is 4.90 Å². The fourth-order valence-electron chi connectivity index (χ4n) is 1.51. The number of carbonyl (C=O) groups excluding carboxylic acids is 1. The molecule has 0 N–H and O–H groups in total. The molecule has 0 aromatic heterocycles. The number of nitrogens with zero attached hydrogens (tertiary/aromatic N) is 1. The summed E-state index contributed by atoms with van der Waals surface area (Å²) in [5.74, 6) is -0.0680. The maximum atomic E-state index is 11.2. The van der Waals surface area contributed by atoms with Gasteiger partial charge in [0.05, 0.1) is 0 Å². The molecule has 1 saturated heterocycles. The summed E-state index contributed by atoms with van der Waals surface area (Å²) in [6, 6.07) is 0. The highest BCUT2D eigenvalue weighted by Gasteiger charge is 2.34. The Morgan fingerprint density at radius 1 is 1.38 bits per heavy atom. The molecule has 1 aliphatic heterocycles. The van der Waals surface area contributed by atoms with Crippen LogP contribution in [0.5, 0.6) is 0 Å². The first-order valence-electron chi connectivity index (χ1n) is 4.19. The molecule has 74 valence electrons. The molecule has 4 nitrogen and oxygen atoms in total. The highest BCUT2D eigenvalue weighted by atomic mass is 16.5. The minimum absolute atomic E-state index is 0.0195. The molecule has 1 heterocycles. The van der Waals surface area contributed by atoms with Gasteiger partial charge in [-0.05, 0) is 6.08 Å². The van der Waals surface area contributed by atoms with E-state index in [9.17, 15) is 4.79 Å². The molecular formula is C9H15NO3. The molecule has 4 heteroatoms. The van der Waals surface area contributed by atoms with E-state index in [4.69, 9.17) is 9.47 Å². The van der Waals surface area contributed by atoms with Crippen LogP contribution >= 0.6 is 0 Å². The van der Waals surface area contributed by atoms with Crippen LogP contribution in [-0.2, 0) is 14.3 Å². The zero-order valence-corrected chi connectivity index (χ0v) is 8.03. The van der Waals surface area contributed by atoms with E-state index < -0.39 is 0 Å². The summed E-state index contributed by atoms with van der Waals surface area (Å²) in [6.07, 6.45) is 1.27. The van der Waals surface area contributed by atoms with Crippen molar-refractivity contribution < 1.29 is 14.3 Å². The van der Waals surface area contributed by atoms with Crippen LogP contribution in [0, 0.1) is 0 Å². The fraction of sp³-hybridized carbons (Fsp3) is 0.667. The number of carbonyl (C=O) groups is 1. The number of likely N-dealkylation sites (tertiary alicyclic amines) is 1. The van der Waals surface area contributed by atoms with Gasteiger partial charge in [-0.3, -0.25) is 4.79 Å². The second-order valence-electron chi connectivity index (χ2n) is 3.00. The smallest absolute Gasteiger partial charge is 0.246 e. The van der Waals surface area contributed by atoms with E-state index >= 15 is 0 Å². The lowest BCUT2D eigenvalue weighted by molar-refractivity contribution is -0.125. The first-order valence-corrected chi connectivity index (χ1v) is 4.19. The lowest BCUT2D eigenvalue weighted by Crippen LogP contribution is -2.28. The van der Waals surface area contributed by atoms with E-state index in [0.717, 1.165) is 0 Å². The van der Waals surface area contributed by atoms with Crippen molar-refractivity contribution in [2.24, 2.45) is 0 Å². The minimum Gasteiger partial charge on any atom is -0.377 e. The van der Waals surface area contributed by atoms with Gasteiger partial charge < -0.3 is 14.4 Å². The third kappa shape index (κ3) is 2.08. The second kappa shape index (κ2) is 4.39. The molecule has 0 saturated carbocycles. The Balaban J connectivity index is 2.57. The summed E-state index contributed by atoms with van der Waals surface area (Å²) in [5.41, 5.74) is 0. The summed E-state index contributed by atoms with van der Waals surface area (Å²) in [5, 5.41) is 0. The minimum atomic E-state index is -0.0680. The van der Waals surface area contributed by atoms with Crippen LogP contribution < -0.4 is 0 Å². The summed E-state index contributed by atoms with van der Waals surface area (Å²) in [6.45, 7) is 4.60. The number of methoxy groups -OCH3 is 2. The Kier molecular flexibility index (Phi) is 3.45. The molecule has 0 spiro atoms. The largest absolute Gasteiger partial charge is 0.377 e. The molecule has 0 bridgehead atoms. The van der Waals surface area contributed by atoms with Crippen LogP contribution in [-0.4, -0.2) is 50.3 Å². The average Bonchev–Trinajstić information content (AvgIpc) is 2.59. The number of hydrogen-bond donors (Lipinski definition) is 0. The SMILES string of the molecule is C=CC(=O)N1C[C@H](OC)[C@H](OC)C1. The number of ether oxygens (including phenoxy) is 2. The van der Waals surface area contributed by atoms with Crippen LogP contribution in [0.3, 0.4) is 0 Å². The fourth-order valence-corrected chi connectivity index (χ4v) is 1.51. The lowest BCUT2D eigenvalue weighted by Gasteiger charge is -2.13. The van der Waals surface area contributed by atoms with Gasteiger partial charge in [-0.15, -0.1) is 0 Å². The standard InChI is InChI=1S/C9H15NO3/c1-4-9(11)10-5-7(12-2)8(6-10)13-3/h4,7-8H,1,5-6H2,2-3H3/t7-,8+. The van der Waals surface area contributed by atoms with Crippen molar-refractivity contribution in [2.75, 3.05) is 27.3 Å². The topological polar surface area (TPSA) is 38.8 Å². The summed E-state index contributed by atoms with van der Waals surface area (Å²) in [4.78, 5) is 12.9. The van der Waals surface area contributed by atoms with Crippen molar-refractivity contribution >= 4 is 5.91 Å². The van der Waals surface area contributed by atoms with Gasteiger partial charge in [-0.1, -0.05) is 6.58 Å². The van der Waals surface area contributed by atoms with Crippen LogP contribution in [0.25, 0.3) is 0 Å². The van der Waals surface area contributed by atoms with E-state index in [1.165, 1.54) is 6.08 Å². The second-order valence-corrected chi connectivity index (χ2v) is 3.00. The van der Waals surface area contributed by atoms with Crippen molar-refractivity contribution in [2.45, 2.75) is 12.2 Å². The van der Waals surface area contributed by atoms with Crippen LogP contribution in [0.4, 0.5) is 0 Å². The molecule has 1 rings (SSSR count). The maximum absolute atomic E-state index is 11.2. The monoisotopic (exact) mass is 185 g/mol. The highest BCUT2D eigenvalue weighted by molar-refractivity contribution is 5.87. The van der Waals surface area contributed by atoms with E-state index in [1.807, 2.05) is 0 Å². The first kappa shape index (κ1) is 10.2. The van der Waals surface area contributed by atoms with Crippen LogP contribution in [0.15, 0.2) is 12.7 Å². The molecule has 0 aromatic rings. The third-order valence-electron chi connectivity index (χ3n) is 2.31. The third-order valence-corrected chi connectivity index (χ3v) is 2.31. The van der Waals surface area contributed by atoms with E-state index in [2.05, 4.69) is 6.58 Å². The summed E-state index contributed by atoms with van der Waals surface area (Å²) >= 11 is 0. The highest BCUT2D eigenvalue weighted by Crippen LogP contribution is 2.15. The van der Waals surface area contributed by atoms with Crippen molar-refractivity contribution in [1.29, 1.82) is 0 Å². The Bertz CT molecular complexity index is 193. The molecule has 2 atom stereocenters. The first-order chi connectivity index (χ1) is 6.22. The molecule has 0 aromatic carbocycles. The molecule has 13 heavy (non-hydrogen) atoms. The molecule has 1 amide bonds. The maximum Gasteiger partial charge on any atom is 0.246 e. The van der Waals surface area contributed by atoms with Crippen molar-refractivity contribution in [3.63, 3.8) is 0 Å². The molecular weight excluding hydrogens is 170 g/mol. The Labute approximate surface area is 78.1 Å². The van der Waals surface area contributed by atoms with Crippen LogP contribution in [0.1, 0.15) is 0 Å².